The number of furan rings is 1. The Morgan fingerprint density at radius 1 is 1.21 bits per heavy atom. The average molecular weight is 346 g/mol. The lowest BCUT2D eigenvalue weighted by atomic mass is 10.0. The maximum atomic E-state index is 12.7. The zero-order chi connectivity index (χ0) is 17.1. The molecule has 5 nitrogen and oxygen atoms in total. The number of piperidine rings is 1. The quantitative estimate of drug-likeness (QED) is 0.911. The van der Waals surface area contributed by atoms with Crippen LogP contribution in [0.25, 0.3) is 0 Å². The van der Waals surface area contributed by atoms with E-state index in [2.05, 4.69) is 5.32 Å². The molecule has 1 aliphatic rings. The van der Waals surface area contributed by atoms with Gasteiger partial charge in [0.05, 0.1) is 6.04 Å². The molecule has 1 saturated heterocycles. The first-order valence-corrected chi connectivity index (χ1v) is 9.68. The van der Waals surface area contributed by atoms with E-state index in [4.69, 9.17) is 4.42 Å². The van der Waals surface area contributed by atoms with E-state index in [0.29, 0.717) is 12.2 Å². The molecular weight excluding hydrogens is 324 g/mol. The van der Waals surface area contributed by atoms with Gasteiger partial charge in [0.2, 0.25) is 0 Å². The zero-order valence-electron chi connectivity index (χ0n) is 14.0. The SMILES string of the molecule is Cc1ccc(C2CCCCN2C(=O)Nc2ccc(S(C)=O)cc2)o1. The molecule has 1 aromatic heterocycles. The predicted octanol–water partition coefficient (Wildman–Crippen LogP) is 4.08. The van der Waals surface area contributed by atoms with Crippen LogP contribution >= 0.6 is 0 Å². The Kier molecular flexibility index (Phi) is 5.04. The Hall–Kier alpha value is -2.08. The van der Waals surface area contributed by atoms with Crippen molar-refractivity contribution < 1.29 is 13.4 Å². The Morgan fingerprint density at radius 2 is 1.96 bits per heavy atom. The van der Waals surface area contributed by atoms with E-state index < -0.39 is 10.8 Å². The topological polar surface area (TPSA) is 62.6 Å². The summed E-state index contributed by atoms with van der Waals surface area (Å²) in [5.41, 5.74) is 0.703. The molecular formula is C18H22N2O3S. The summed E-state index contributed by atoms with van der Waals surface area (Å²) in [6, 6.07) is 10.9. The molecule has 2 amide bonds. The highest BCUT2D eigenvalue weighted by molar-refractivity contribution is 7.84. The molecule has 1 N–H and O–H groups in total. The first-order valence-electron chi connectivity index (χ1n) is 8.12. The fraction of sp³-hybridized carbons (Fsp3) is 0.389. The van der Waals surface area contributed by atoms with Crippen LogP contribution in [0, 0.1) is 6.92 Å². The second-order valence-corrected chi connectivity index (χ2v) is 7.44. The number of carbonyl (C=O) groups is 1. The normalized spacial score (nSPS) is 19.1. The molecule has 1 aromatic carbocycles. The molecule has 0 spiro atoms. The van der Waals surface area contributed by atoms with Crippen LogP contribution in [-0.4, -0.2) is 27.9 Å². The number of nitrogens with one attached hydrogen (secondary N) is 1. The van der Waals surface area contributed by atoms with E-state index in [9.17, 15) is 9.00 Å². The molecule has 2 unspecified atom stereocenters. The summed E-state index contributed by atoms with van der Waals surface area (Å²) in [5.74, 6) is 1.71. The molecule has 0 bridgehead atoms. The van der Waals surface area contributed by atoms with Crippen molar-refractivity contribution in [2.75, 3.05) is 18.1 Å². The number of urea groups is 1. The standard InChI is InChI=1S/C18H22N2O3S/c1-13-6-11-17(23-13)16-5-3-4-12-20(16)18(21)19-14-7-9-15(10-8-14)24(2)22/h6-11,16H,3-5,12H2,1-2H3,(H,19,21). The first kappa shape index (κ1) is 16.8. The van der Waals surface area contributed by atoms with E-state index in [1.807, 2.05) is 24.0 Å². The van der Waals surface area contributed by atoms with Crippen LogP contribution in [0.4, 0.5) is 10.5 Å². The number of carbonyl (C=O) groups excluding carboxylic acids is 1. The van der Waals surface area contributed by atoms with Gasteiger partial charge in [-0.05, 0) is 62.6 Å². The molecule has 128 valence electrons. The van der Waals surface area contributed by atoms with Gasteiger partial charge in [-0.25, -0.2) is 4.79 Å². The molecule has 1 aliphatic heterocycles. The highest BCUT2D eigenvalue weighted by Crippen LogP contribution is 2.32. The van der Waals surface area contributed by atoms with Crippen molar-refractivity contribution in [3.8, 4) is 0 Å². The largest absolute Gasteiger partial charge is 0.464 e. The minimum Gasteiger partial charge on any atom is -0.464 e. The molecule has 0 radical (unpaired) electrons. The van der Waals surface area contributed by atoms with Gasteiger partial charge in [0.15, 0.2) is 0 Å². The van der Waals surface area contributed by atoms with E-state index >= 15 is 0 Å². The van der Waals surface area contributed by atoms with Gasteiger partial charge in [0.25, 0.3) is 0 Å². The number of benzene rings is 1. The molecule has 24 heavy (non-hydrogen) atoms. The van der Waals surface area contributed by atoms with Crippen molar-refractivity contribution >= 4 is 22.5 Å². The van der Waals surface area contributed by atoms with Gasteiger partial charge in [0, 0.05) is 34.2 Å². The van der Waals surface area contributed by atoms with Gasteiger partial charge < -0.3 is 14.6 Å². The average Bonchev–Trinajstić information content (AvgIpc) is 3.01. The van der Waals surface area contributed by atoms with Crippen molar-refractivity contribution in [3.63, 3.8) is 0 Å². The van der Waals surface area contributed by atoms with Crippen molar-refractivity contribution in [3.05, 3.63) is 47.9 Å². The first-order chi connectivity index (χ1) is 11.5. The molecule has 6 heteroatoms. The number of aryl methyl sites for hydroxylation is 1. The smallest absolute Gasteiger partial charge is 0.322 e. The van der Waals surface area contributed by atoms with Crippen molar-refractivity contribution in [1.29, 1.82) is 0 Å². The van der Waals surface area contributed by atoms with Crippen LogP contribution < -0.4 is 5.32 Å². The second-order valence-electron chi connectivity index (χ2n) is 6.06. The molecule has 2 atom stereocenters. The number of nitrogens with zero attached hydrogens (tertiary/aromatic N) is 1. The summed E-state index contributed by atoms with van der Waals surface area (Å²) in [5, 5.41) is 2.93. The molecule has 2 heterocycles. The highest BCUT2D eigenvalue weighted by atomic mass is 32.2. The molecule has 1 fully saturated rings. The van der Waals surface area contributed by atoms with Crippen LogP contribution in [-0.2, 0) is 10.8 Å². The van der Waals surface area contributed by atoms with E-state index in [-0.39, 0.29) is 12.1 Å². The summed E-state index contributed by atoms with van der Waals surface area (Å²) in [7, 11) is -1.02. The summed E-state index contributed by atoms with van der Waals surface area (Å²) in [6.45, 7) is 2.63. The summed E-state index contributed by atoms with van der Waals surface area (Å²) >= 11 is 0. The summed E-state index contributed by atoms with van der Waals surface area (Å²) < 4.78 is 17.2. The predicted molar refractivity (Wildman–Crippen MR) is 94.5 cm³/mol. The lowest BCUT2D eigenvalue weighted by molar-refractivity contribution is 0.150. The van der Waals surface area contributed by atoms with Crippen molar-refractivity contribution in [2.45, 2.75) is 37.1 Å². The Balaban J connectivity index is 1.73. The number of anilines is 1. The summed E-state index contributed by atoms with van der Waals surface area (Å²) in [6.07, 6.45) is 4.63. The number of amides is 2. The molecule has 0 saturated carbocycles. The third-order valence-electron chi connectivity index (χ3n) is 4.29. The van der Waals surface area contributed by atoms with E-state index in [0.717, 1.165) is 35.7 Å². The minimum atomic E-state index is -1.02. The molecule has 2 aromatic rings. The van der Waals surface area contributed by atoms with E-state index in [1.165, 1.54) is 0 Å². The Morgan fingerprint density at radius 3 is 2.58 bits per heavy atom. The Bertz CT molecular complexity index is 739. The number of rotatable bonds is 3. The lowest BCUT2D eigenvalue weighted by Crippen LogP contribution is -2.41. The van der Waals surface area contributed by atoms with Gasteiger partial charge in [-0.3, -0.25) is 4.21 Å². The second kappa shape index (κ2) is 7.21. The fourth-order valence-corrected chi connectivity index (χ4v) is 3.55. The van der Waals surface area contributed by atoms with Crippen LogP contribution in [0.3, 0.4) is 0 Å². The zero-order valence-corrected chi connectivity index (χ0v) is 14.8. The maximum Gasteiger partial charge on any atom is 0.322 e. The number of likely N-dealkylation sites (tertiary alicyclic amines) is 1. The number of hydrogen-bond donors (Lipinski definition) is 1. The lowest BCUT2D eigenvalue weighted by Gasteiger charge is -2.34. The van der Waals surface area contributed by atoms with Crippen molar-refractivity contribution in [1.82, 2.24) is 4.90 Å². The van der Waals surface area contributed by atoms with Gasteiger partial charge in [-0.2, -0.15) is 0 Å². The van der Waals surface area contributed by atoms with Crippen LogP contribution in [0.5, 0.6) is 0 Å². The molecule has 3 rings (SSSR count). The van der Waals surface area contributed by atoms with Crippen molar-refractivity contribution in [2.24, 2.45) is 0 Å². The van der Waals surface area contributed by atoms with Gasteiger partial charge in [-0.1, -0.05) is 0 Å². The third-order valence-corrected chi connectivity index (χ3v) is 5.23. The van der Waals surface area contributed by atoms with Crippen LogP contribution in [0.15, 0.2) is 45.7 Å². The fourth-order valence-electron chi connectivity index (χ4n) is 3.03. The highest BCUT2D eigenvalue weighted by Gasteiger charge is 2.30. The van der Waals surface area contributed by atoms with Gasteiger partial charge in [0.1, 0.15) is 11.5 Å². The monoisotopic (exact) mass is 346 g/mol. The number of hydrogen-bond acceptors (Lipinski definition) is 3. The minimum absolute atomic E-state index is 0.0186. The summed E-state index contributed by atoms with van der Waals surface area (Å²) in [4.78, 5) is 15.3. The van der Waals surface area contributed by atoms with Gasteiger partial charge in [-0.15, -0.1) is 0 Å². The maximum absolute atomic E-state index is 12.7. The Labute approximate surface area is 144 Å². The van der Waals surface area contributed by atoms with Crippen LogP contribution in [0.1, 0.15) is 36.8 Å². The van der Waals surface area contributed by atoms with E-state index in [1.54, 1.807) is 30.5 Å². The third kappa shape index (κ3) is 3.70. The molecule has 0 aliphatic carbocycles. The van der Waals surface area contributed by atoms with Crippen LogP contribution in [0.2, 0.25) is 0 Å². The van der Waals surface area contributed by atoms with Gasteiger partial charge >= 0.3 is 6.03 Å².